The van der Waals surface area contributed by atoms with Crippen molar-refractivity contribution in [1.29, 1.82) is 0 Å². The number of rotatable bonds is 1. The molecular weight excluding hydrogens is 188 g/mol. The van der Waals surface area contributed by atoms with Gasteiger partial charge in [-0.15, -0.1) is 0 Å². The summed E-state index contributed by atoms with van der Waals surface area (Å²) in [7, 11) is 0. The molecule has 2 heteroatoms. The molecule has 0 spiro atoms. The molecule has 0 atom stereocenters. The number of hydrogen-bond donors (Lipinski definition) is 0. The molecule has 15 heavy (non-hydrogen) atoms. The molecule has 1 aromatic carbocycles. The summed E-state index contributed by atoms with van der Waals surface area (Å²) in [5.41, 5.74) is 4.26. The summed E-state index contributed by atoms with van der Waals surface area (Å²) in [6.45, 7) is 3.51. The highest BCUT2D eigenvalue weighted by atomic mass is 16.6. The highest BCUT2D eigenvalue weighted by molar-refractivity contribution is 5.71. The van der Waals surface area contributed by atoms with Crippen molar-refractivity contribution >= 4 is 5.57 Å². The fourth-order valence-electron chi connectivity index (χ4n) is 1.92. The Bertz CT molecular complexity index is 426. The lowest BCUT2D eigenvalue weighted by Crippen LogP contribution is -2.15. The van der Waals surface area contributed by atoms with Gasteiger partial charge >= 0.3 is 0 Å². The molecule has 1 aliphatic heterocycles. The predicted molar refractivity (Wildman–Crippen MR) is 59.3 cm³/mol. The van der Waals surface area contributed by atoms with Gasteiger partial charge in [0.1, 0.15) is 13.2 Å². The Labute approximate surface area is 89.5 Å². The van der Waals surface area contributed by atoms with Crippen molar-refractivity contribution in [2.24, 2.45) is 0 Å². The number of hydrogen-bond acceptors (Lipinski definition) is 2. The summed E-state index contributed by atoms with van der Waals surface area (Å²) in [5.74, 6) is 1.76. The Morgan fingerprint density at radius 3 is 2.53 bits per heavy atom. The van der Waals surface area contributed by atoms with Crippen LogP contribution in [0.5, 0.6) is 11.5 Å². The van der Waals surface area contributed by atoms with Crippen LogP contribution in [0.3, 0.4) is 0 Å². The monoisotopic (exact) mass is 202 g/mol. The van der Waals surface area contributed by atoms with E-state index in [1.807, 2.05) is 6.07 Å². The fraction of sp³-hybridized carbons (Fsp3) is 0.385. The Hall–Kier alpha value is -1.44. The van der Waals surface area contributed by atoms with Gasteiger partial charge in [0.25, 0.3) is 0 Å². The van der Waals surface area contributed by atoms with Crippen molar-refractivity contribution in [1.82, 2.24) is 0 Å². The molecule has 2 nitrogen and oxygen atoms in total. The van der Waals surface area contributed by atoms with Crippen LogP contribution in [0.1, 0.15) is 25.3 Å². The number of fused-ring (bicyclic) bond motifs is 1. The van der Waals surface area contributed by atoms with E-state index in [2.05, 4.69) is 19.1 Å². The van der Waals surface area contributed by atoms with Gasteiger partial charge in [-0.25, -0.2) is 0 Å². The molecule has 0 unspecified atom stereocenters. The van der Waals surface area contributed by atoms with Crippen LogP contribution in [0.4, 0.5) is 0 Å². The largest absolute Gasteiger partial charge is 0.486 e. The Balaban J connectivity index is 2.00. The van der Waals surface area contributed by atoms with Gasteiger partial charge in [0.15, 0.2) is 11.5 Å². The Morgan fingerprint density at radius 2 is 1.80 bits per heavy atom. The van der Waals surface area contributed by atoms with Crippen molar-refractivity contribution in [3.8, 4) is 11.5 Å². The second-order valence-corrected chi connectivity index (χ2v) is 4.09. The van der Waals surface area contributed by atoms with Crippen LogP contribution in [-0.4, -0.2) is 13.2 Å². The maximum absolute atomic E-state index is 5.57. The van der Waals surface area contributed by atoms with E-state index < -0.39 is 0 Å². The molecule has 1 heterocycles. The summed E-state index contributed by atoms with van der Waals surface area (Å²) >= 11 is 0. The smallest absolute Gasteiger partial charge is 0.161 e. The third-order valence-electron chi connectivity index (χ3n) is 3.01. The minimum absolute atomic E-state index is 0.659. The lowest BCUT2D eigenvalue weighted by atomic mass is 10.1. The van der Waals surface area contributed by atoms with Crippen LogP contribution >= 0.6 is 0 Å². The topological polar surface area (TPSA) is 18.5 Å². The first-order valence-electron chi connectivity index (χ1n) is 5.43. The van der Waals surface area contributed by atoms with E-state index in [4.69, 9.17) is 9.47 Å². The number of ether oxygens (including phenoxy) is 2. The van der Waals surface area contributed by atoms with Crippen molar-refractivity contribution in [2.45, 2.75) is 19.8 Å². The lowest BCUT2D eigenvalue weighted by Gasteiger charge is -2.19. The van der Waals surface area contributed by atoms with Gasteiger partial charge in [-0.05, 0) is 43.0 Å². The summed E-state index contributed by atoms with van der Waals surface area (Å²) in [6, 6.07) is 6.22. The third-order valence-corrected chi connectivity index (χ3v) is 3.01. The van der Waals surface area contributed by atoms with Crippen molar-refractivity contribution in [3.05, 3.63) is 29.3 Å². The third kappa shape index (κ3) is 1.60. The molecule has 0 saturated heterocycles. The van der Waals surface area contributed by atoms with E-state index in [1.54, 1.807) is 5.57 Å². The van der Waals surface area contributed by atoms with Gasteiger partial charge in [0.05, 0.1) is 0 Å². The lowest BCUT2D eigenvalue weighted by molar-refractivity contribution is 0.171. The van der Waals surface area contributed by atoms with Crippen LogP contribution in [-0.2, 0) is 0 Å². The molecule has 3 rings (SSSR count). The van der Waals surface area contributed by atoms with E-state index in [-0.39, 0.29) is 0 Å². The molecule has 2 aliphatic rings. The van der Waals surface area contributed by atoms with Crippen molar-refractivity contribution in [2.75, 3.05) is 13.2 Å². The van der Waals surface area contributed by atoms with Gasteiger partial charge in [-0.3, -0.25) is 0 Å². The van der Waals surface area contributed by atoms with Crippen molar-refractivity contribution in [3.63, 3.8) is 0 Å². The van der Waals surface area contributed by atoms with Gasteiger partial charge in [-0.2, -0.15) is 0 Å². The molecule has 1 fully saturated rings. The highest BCUT2D eigenvalue weighted by Gasteiger charge is 2.18. The minimum Gasteiger partial charge on any atom is -0.486 e. The Kier molecular flexibility index (Phi) is 1.94. The zero-order chi connectivity index (χ0) is 10.3. The molecule has 78 valence electrons. The first kappa shape index (κ1) is 8.84. The quantitative estimate of drug-likeness (QED) is 0.697. The standard InChI is InChI=1S/C13H14O2/c1-9(10-2-3-10)11-4-5-12-13(8-11)15-7-6-14-12/h4-5,8H,2-3,6-7H2,1H3. The normalized spacial score (nSPS) is 17.5. The molecule has 0 N–H and O–H groups in total. The van der Waals surface area contributed by atoms with Gasteiger partial charge in [0.2, 0.25) is 0 Å². The molecule has 0 aromatic heterocycles. The highest BCUT2D eigenvalue weighted by Crippen LogP contribution is 2.39. The van der Waals surface area contributed by atoms with Gasteiger partial charge in [0, 0.05) is 0 Å². The first-order valence-corrected chi connectivity index (χ1v) is 5.43. The zero-order valence-electron chi connectivity index (χ0n) is 8.88. The van der Waals surface area contributed by atoms with E-state index in [0.717, 1.165) is 11.5 Å². The van der Waals surface area contributed by atoms with Crippen LogP contribution in [0.25, 0.3) is 5.57 Å². The van der Waals surface area contributed by atoms with Crippen LogP contribution < -0.4 is 9.47 Å². The maximum atomic E-state index is 5.57. The van der Waals surface area contributed by atoms with E-state index >= 15 is 0 Å². The average Bonchev–Trinajstić information content (AvgIpc) is 3.11. The van der Waals surface area contributed by atoms with Gasteiger partial charge in [-0.1, -0.05) is 11.6 Å². The van der Waals surface area contributed by atoms with E-state index in [1.165, 1.54) is 24.0 Å². The van der Waals surface area contributed by atoms with E-state index in [9.17, 15) is 0 Å². The van der Waals surface area contributed by atoms with Crippen LogP contribution in [0, 0.1) is 0 Å². The zero-order valence-corrected chi connectivity index (χ0v) is 8.88. The van der Waals surface area contributed by atoms with Gasteiger partial charge < -0.3 is 9.47 Å². The molecule has 1 saturated carbocycles. The van der Waals surface area contributed by atoms with Crippen molar-refractivity contribution < 1.29 is 9.47 Å². The number of benzene rings is 1. The van der Waals surface area contributed by atoms with Crippen LogP contribution in [0.2, 0.25) is 0 Å². The Morgan fingerprint density at radius 1 is 1.07 bits per heavy atom. The molecule has 1 aromatic rings. The molecular formula is C13H14O2. The predicted octanol–water partition coefficient (Wildman–Crippen LogP) is 3.03. The number of allylic oxidation sites excluding steroid dienone is 2. The molecule has 1 aliphatic carbocycles. The average molecular weight is 202 g/mol. The SMILES string of the molecule is CC(=C1CC1)c1ccc2c(c1)OCCO2. The van der Waals surface area contributed by atoms with Crippen LogP contribution in [0.15, 0.2) is 23.8 Å². The fourth-order valence-corrected chi connectivity index (χ4v) is 1.92. The second kappa shape index (κ2) is 3.30. The maximum Gasteiger partial charge on any atom is 0.161 e. The summed E-state index contributed by atoms with van der Waals surface area (Å²) in [6.07, 6.45) is 2.53. The summed E-state index contributed by atoms with van der Waals surface area (Å²) in [4.78, 5) is 0. The minimum atomic E-state index is 0.659. The first-order chi connectivity index (χ1) is 7.34. The molecule has 0 bridgehead atoms. The molecule has 0 radical (unpaired) electrons. The summed E-state index contributed by atoms with van der Waals surface area (Å²) < 4.78 is 11.1. The summed E-state index contributed by atoms with van der Waals surface area (Å²) in [5, 5.41) is 0. The molecule has 0 amide bonds. The van der Waals surface area contributed by atoms with E-state index in [0.29, 0.717) is 13.2 Å². The second-order valence-electron chi connectivity index (χ2n) is 4.09.